The first kappa shape index (κ1) is 12.3. The third-order valence-corrected chi connectivity index (χ3v) is 4.02. The standard InChI is InChI=1S/C10H16N4O2S/c1-7(9(15)16)17-10-11-12-13-14(10)8-5-3-2-4-6-8/h7-8H,2-6H2,1H3,(H,15,16)/p-1. The zero-order valence-electron chi connectivity index (χ0n) is 9.70. The number of nitrogens with zero attached hydrogens (tertiary/aromatic N) is 4. The molecule has 0 aromatic carbocycles. The van der Waals surface area contributed by atoms with Gasteiger partial charge in [0.25, 0.3) is 0 Å². The molecular weight excluding hydrogens is 240 g/mol. The second-order valence-electron chi connectivity index (χ2n) is 4.28. The van der Waals surface area contributed by atoms with Crippen molar-refractivity contribution >= 4 is 17.7 Å². The molecule has 1 aromatic heterocycles. The summed E-state index contributed by atoms with van der Waals surface area (Å²) < 4.78 is 1.77. The zero-order valence-corrected chi connectivity index (χ0v) is 10.5. The van der Waals surface area contributed by atoms with Gasteiger partial charge in [-0.1, -0.05) is 31.0 Å². The second-order valence-corrected chi connectivity index (χ2v) is 5.58. The van der Waals surface area contributed by atoms with Gasteiger partial charge >= 0.3 is 0 Å². The number of carboxylic acid groups (broad SMARTS) is 1. The Hall–Kier alpha value is -1.11. The maximum absolute atomic E-state index is 10.7. The van der Waals surface area contributed by atoms with Gasteiger partial charge in [0.15, 0.2) is 0 Å². The van der Waals surface area contributed by atoms with Crippen LogP contribution in [0.4, 0.5) is 0 Å². The number of tetrazole rings is 1. The van der Waals surface area contributed by atoms with Gasteiger partial charge < -0.3 is 9.90 Å². The molecule has 2 rings (SSSR count). The monoisotopic (exact) mass is 255 g/mol. The molecule has 94 valence electrons. The summed E-state index contributed by atoms with van der Waals surface area (Å²) in [5, 5.41) is 22.1. The topological polar surface area (TPSA) is 83.7 Å². The lowest BCUT2D eigenvalue weighted by Crippen LogP contribution is -2.31. The van der Waals surface area contributed by atoms with Crippen molar-refractivity contribution < 1.29 is 9.90 Å². The number of aliphatic carboxylic acids is 1. The lowest BCUT2D eigenvalue weighted by molar-refractivity contribution is -0.304. The quantitative estimate of drug-likeness (QED) is 0.724. The maximum Gasteiger partial charge on any atom is 0.210 e. The van der Waals surface area contributed by atoms with Crippen LogP contribution in [0.15, 0.2) is 5.16 Å². The molecule has 0 spiro atoms. The average Bonchev–Trinajstić information content (AvgIpc) is 2.78. The minimum atomic E-state index is -1.09. The first-order valence-corrected chi connectivity index (χ1v) is 6.72. The Morgan fingerprint density at radius 1 is 1.47 bits per heavy atom. The number of carboxylic acids is 1. The van der Waals surface area contributed by atoms with Gasteiger partial charge in [-0.15, -0.1) is 5.10 Å². The average molecular weight is 255 g/mol. The largest absolute Gasteiger partial charge is 0.549 e. The van der Waals surface area contributed by atoms with Crippen LogP contribution in [0.25, 0.3) is 0 Å². The SMILES string of the molecule is CC(Sc1nnnn1C1CCCCC1)C(=O)[O-]. The van der Waals surface area contributed by atoms with Crippen LogP contribution in [0.3, 0.4) is 0 Å². The Morgan fingerprint density at radius 3 is 2.82 bits per heavy atom. The third-order valence-electron chi connectivity index (χ3n) is 3.00. The van der Waals surface area contributed by atoms with E-state index in [-0.39, 0.29) is 0 Å². The first-order valence-electron chi connectivity index (χ1n) is 5.84. The molecule has 7 heteroatoms. The fourth-order valence-corrected chi connectivity index (χ4v) is 2.81. The Kier molecular flexibility index (Phi) is 3.98. The molecular formula is C10H15N4O2S-. The normalized spacial score (nSPS) is 19.1. The van der Waals surface area contributed by atoms with E-state index in [1.54, 1.807) is 11.6 Å². The lowest BCUT2D eigenvalue weighted by Gasteiger charge is -2.22. The molecule has 1 fully saturated rings. The van der Waals surface area contributed by atoms with Crippen LogP contribution in [0.2, 0.25) is 0 Å². The maximum atomic E-state index is 10.7. The van der Waals surface area contributed by atoms with Gasteiger partial charge in [-0.3, -0.25) is 0 Å². The summed E-state index contributed by atoms with van der Waals surface area (Å²) in [5.74, 6) is -1.09. The van der Waals surface area contributed by atoms with Crippen LogP contribution >= 0.6 is 11.8 Å². The second kappa shape index (κ2) is 5.48. The van der Waals surface area contributed by atoms with Crippen molar-refractivity contribution in [3.63, 3.8) is 0 Å². The van der Waals surface area contributed by atoms with E-state index in [0.717, 1.165) is 24.6 Å². The number of hydrogen-bond acceptors (Lipinski definition) is 6. The Labute approximate surface area is 104 Å². The number of carbonyl (C=O) groups is 1. The van der Waals surface area contributed by atoms with Crippen LogP contribution in [-0.2, 0) is 4.79 Å². The minimum absolute atomic E-state index is 0.315. The van der Waals surface area contributed by atoms with E-state index in [4.69, 9.17) is 0 Å². The van der Waals surface area contributed by atoms with Crippen molar-refractivity contribution in [2.24, 2.45) is 0 Å². The van der Waals surface area contributed by atoms with Gasteiger partial charge in [-0.2, -0.15) is 0 Å². The summed E-state index contributed by atoms with van der Waals surface area (Å²) in [5.41, 5.74) is 0. The van der Waals surface area contributed by atoms with E-state index >= 15 is 0 Å². The third kappa shape index (κ3) is 2.96. The number of rotatable bonds is 4. The van der Waals surface area contributed by atoms with E-state index < -0.39 is 11.2 Å². The van der Waals surface area contributed by atoms with Gasteiger partial charge in [-0.05, 0) is 30.2 Å². The summed E-state index contributed by atoms with van der Waals surface area (Å²) >= 11 is 1.14. The number of hydrogen-bond donors (Lipinski definition) is 0. The Bertz CT molecular complexity index is 389. The molecule has 0 amide bonds. The van der Waals surface area contributed by atoms with Crippen molar-refractivity contribution in [2.45, 2.75) is 55.5 Å². The molecule has 1 heterocycles. The van der Waals surface area contributed by atoms with Crippen LogP contribution in [-0.4, -0.2) is 31.4 Å². The van der Waals surface area contributed by atoms with E-state index in [0.29, 0.717) is 11.2 Å². The Morgan fingerprint density at radius 2 is 2.18 bits per heavy atom. The van der Waals surface area contributed by atoms with Crippen molar-refractivity contribution in [1.29, 1.82) is 0 Å². The van der Waals surface area contributed by atoms with Crippen LogP contribution in [0, 0.1) is 0 Å². The fourth-order valence-electron chi connectivity index (χ4n) is 2.02. The summed E-state index contributed by atoms with van der Waals surface area (Å²) in [6.45, 7) is 1.58. The molecule has 0 radical (unpaired) electrons. The lowest BCUT2D eigenvalue weighted by atomic mass is 9.96. The smallest absolute Gasteiger partial charge is 0.210 e. The predicted molar refractivity (Wildman–Crippen MR) is 60.3 cm³/mol. The van der Waals surface area contributed by atoms with Gasteiger partial charge in [-0.25, -0.2) is 4.68 Å². The van der Waals surface area contributed by atoms with Gasteiger partial charge in [0.1, 0.15) is 0 Å². The highest BCUT2D eigenvalue weighted by Crippen LogP contribution is 2.31. The summed E-state index contributed by atoms with van der Waals surface area (Å²) in [6.07, 6.45) is 5.77. The van der Waals surface area contributed by atoms with Crippen LogP contribution in [0.5, 0.6) is 0 Å². The summed E-state index contributed by atoms with van der Waals surface area (Å²) in [4.78, 5) is 10.7. The molecule has 6 nitrogen and oxygen atoms in total. The van der Waals surface area contributed by atoms with Crippen molar-refractivity contribution in [1.82, 2.24) is 20.2 Å². The van der Waals surface area contributed by atoms with Crippen molar-refractivity contribution in [3.8, 4) is 0 Å². The molecule has 0 N–H and O–H groups in total. The summed E-state index contributed by atoms with van der Waals surface area (Å²) in [6, 6.07) is 0.315. The predicted octanol–water partition coefficient (Wildman–Crippen LogP) is 0.409. The van der Waals surface area contributed by atoms with Crippen molar-refractivity contribution in [2.75, 3.05) is 0 Å². The molecule has 17 heavy (non-hydrogen) atoms. The van der Waals surface area contributed by atoms with E-state index in [1.165, 1.54) is 19.3 Å². The van der Waals surface area contributed by atoms with E-state index in [1.807, 2.05) is 0 Å². The highest BCUT2D eigenvalue weighted by atomic mass is 32.2. The van der Waals surface area contributed by atoms with E-state index in [9.17, 15) is 9.90 Å². The van der Waals surface area contributed by atoms with Crippen LogP contribution in [0.1, 0.15) is 45.1 Å². The van der Waals surface area contributed by atoms with Crippen molar-refractivity contribution in [3.05, 3.63) is 0 Å². The molecule has 1 aliphatic carbocycles. The minimum Gasteiger partial charge on any atom is -0.549 e. The molecule has 1 saturated carbocycles. The van der Waals surface area contributed by atoms with Gasteiger partial charge in [0, 0.05) is 5.25 Å². The molecule has 1 atom stereocenters. The van der Waals surface area contributed by atoms with E-state index in [2.05, 4.69) is 15.5 Å². The number of aromatic nitrogens is 4. The first-order chi connectivity index (χ1) is 8.18. The molecule has 0 saturated heterocycles. The molecule has 1 aromatic rings. The Balaban J connectivity index is 2.07. The number of thioether (sulfide) groups is 1. The summed E-state index contributed by atoms with van der Waals surface area (Å²) in [7, 11) is 0. The number of carbonyl (C=O) groups excluding carboxylic acids is 1. The fraction of sp³-hybridized carbons (Fsp3) is 0.800. The molecule has 0 aliphatic heterocycles. The molecule has 1 aliphatic rings. The highest BCUT2D eigenvalue weighted by molar-refractivity contribution is 8.00. The van der Waals surface area contributed by atoms with Gasteiger partial charge in [0.2, 0.25) is 5.16 Å². The highest BCUT2D eigenvalue weighted by Gasteiger charge is 2.21. The molecule has 1 unspecified atom stereocenters. The van der Waals surface area contributed by atoms with Crippen LogP contribution < -0.4 is 5.11 Å². The molecule has 0 bridgehead atoms. The zero-order chi connectivity index (χ0) is 12.3. The van der Waals surface area contributed by atoms with Gasteiger partial charge in [0.05, 0.1) is 12.0 Å².